The van der Waals surface area contributed by atoms with E-state index in [-0.39, 0.29) is 5.91 Å². The van der Waals surface area contributed by atoms with Gasteiger partial charge in [-0.15, -0.1) is 11.3 Å². The highest BCUT2D eigenvalue weighted by Gasteiger charge is 2.25. The highest BCUT2D eigenvalue weighted by Crippen LogP contribution is 2.38. The number of hydrogen-bond donors (Lipinski definition) is 1. The summed E-state index contributed by atoms with van der Waals surface area (Å²) in [6.07, 6.45) is 6.10. The molecule has 1 aliphatic heterocycles. The van der Waals surface area contributed by atoms with Gasteiger partial charge < -0.3 is 15.1 Å². The maximum absolute atomic E-state index is 12.7. The Balaban J connectivity index is 1.53. The van der Waals surface area contributed by atoms with Gasteiger partial charge >= 0.3 is 0 Å². The molecule has 0 unspecified atom stereocenters. The fraction of sp³-hybridized carbons (Fsp3) is 0.348. The second-order valence-corrected chi connectivity index (χ2v) is 9.44. The smallest absolute Gasteiger partial charge is 0.246 e. The van der Waals surface area contributed by atoms with Crippen LogP contribution >= 0.6 is 27.3 Å². The minimum Gasteiger partial charge on any atom is -0.340 e. The van der Waals surface area contributed by atoms with Gasteiger partial charge in [-0.2, -0.15) is 0 Å². The van der Waals surface area contributed by atoms with Crippen LogP contribution in [0.4, 0.5) is 11.5 Å². The van der Waals surface area contributed by atoms with Crippen LogP contribution in [0.25, 0.3) is 10.2 Å². The zero-order valence-corrected chi connectivity index (χ0v) is 20.2. The fourth-order valence-corrected chi connectivity index (χ4v) is 5.41. The molecular formula is C23H26BrN5OS. The molecule has 0 atom stereocenters. The number of nitrogens with one attached hydrogen (secondary N) is 1. The molecule has 1 aromatic carbocycles. The van der Waals surface area contributed by atoms with E-state index in [1.54, 1.807) is 23.7 Å². The summed E-state index contributed by atoms with van der Waals surface area (Å²) in [4.78, 5) is 28.1. The topological polar surface area (TPSA) is 61.4 Å². The largest absolute Gasteiger partial charge is 0.340 e. The molecule has 1 amide bonds. The van der Waals surface area contributed by atoms with Crippen molar-refractivity contribution in [2.75, 3.05) is 31.5 Å². The molecule has 0 spiro atoms. The summed E-state index contributed by atoms with van der Waals surface area (Å²) in [7, 11) is 0. The van der Waals surface area contributed by atoms with E-state index in [1.165, 1.54) is 10.4 Å². The number of carbonyl (C=O) groups excluding carboxylic acids is 1. The molecule has 0 bridgehead atoms. The average molecular weight is 500 g/mol. The summed E-state index contributed by atoms with van der Waals surface area (Å²) in [5.41, 5.74) is 2.23. The number of nitrogens with zero attached hydrogens (tertiary/aromatic N) is 4. The van der Waals surface area contributed by atoms with E-state index in [4.69, 9.17) is 0 Å². The van der Waals surface area contributed by atoms with Gasteiger partial charge in [0.25, 0.3) is 0 Å². The van der Waals surface area contributed by atoms with Gasteiger partial charge in [-0.3, -0.25) is 4.79 Å². The first-order chi connectivity index (χ1) is 15.1. The summed E-state index contributed by atoms with van der Waals surface area (Å²) in [5.74, 6) is 0.897. The maximum atomic E-state index is 12.7. The number of anilines is 2. The van der Waals surface area contributed by atoms with Gasteiger partial charge in [-0.25, -0.2) is 9.97 Å². The number of fused-ring (bicyclic) bond motifs is 3. The Hall–Kier alpha value is -2.29. The molecular weight excluding hydrogens is 474 g/mol. The van der Waals surface area contributed by atoms with Crippen LogP contribution in [-0.4, -0.2) is 51.9 Å². The van der Waals surface area contributed by atoms with Crippen molar-refractivity contribution >= 4 is 54.9 Å². The first kappa shape index (κ1) is 21.9. The number of benzene rings is 1. The van der Waals surface area contributed by atoms with Crippen LogP contribution in [0.3, 0.4) is 0 Å². The lowest BCUT2D eigenvalue weighted by Gasteiger charge is -2.26. The number of halogens is 1. The zero-order valence-electron chi connectivity index (χ0n) is 17.8. The Morgan fingerprint density at radius 3 is 2.94 bits per heavy atom. The van der Waals surface area contributed by atoms with Gasteiger partial charge in [-0.1, -0.05) is 41.9 Å². The number of likely N-dealkylation sites (N-methyl/N-ethyl adjacent to an activating group) is 1. The molecule has 8 heteroatoms. The Bertz CT molecular complexity index is 1110. The lowest BCUT2D eigenvalue weighted by atomic mass is 10.0. The number of rotatable bonds is 7. The lowest BCUT2D eigenvalue weighted by Crippen LogP contribution is -2.34. The van der Waals surface area contributed by atoms with Crippen molar-refractivity contribution in [3.8, 4) is 0 Å². The Morgan fingerprint density at radius 2 is 2.16 bits per heavy atom. The van der Waals surface area contributed by atoms with E-state index in [0.29, 0.717) is 13.1 Å². The highest BCUT2D eigenvalue weighted by molar-refractivity contribution is 9.10. The van der Waals surface area contributed by atoms with Crippen LogP contribution in [0.1, 0.15) is 24.3 Å². The highest BCUT2D eigenvalue weighted by atomic mass is 79.9. The van der Waals surface area contributed by atoms with E-state index < -0.39 is 0 Å². The predicted molar refractivity (Wildman–Crippen MR) is 131 cm³/mol. The summed E-state index contributed by atoms with van der Waals surface area (Å²) in [5, 5.41) is 4.51. The standard InChI is InChI=1S/C23H26BrN5OS/c1-3-28(4-2)11-6-9-20(30)29-12-10-18-19(14-29)31-23-21(18)22(25-15-26-23)27-17-8-5-7-16(24)13-17/h5-9,13,15H,3-4,10-12,14H2,1-2H3,(H,25,26,27)/b9-6+. The fourth-order valence-electron chi connectivity index (χ4n) is 3.80. The molecule has 1 aliphatic rings. The molecule has 0 saturated heterocycles. The van der Waals surface area contributed by atoms with Crippen molar-refractivity contribution in [1.82, 2.24) is 19.8 Å². The zero-order chi connectivity index (χ0) is 21.8. The Labute approximate surface area is 195 Å². The van der Waals surface area contributed by atoms with Gasteiger partial charge in [0.2, 0.25) is 5.91 Å². The molecule has 4 rings (SSSR count). The third-order valence-electron chi connectivity index (χ3n) is 5.55. The van der Waals surface area contributed by atoms with E-state index >= 15 is 0 Å². The molecule has 1 N–H and O–H groups in total. The van der Waals surface area contributed by atoms with Gasteiger partial charge in [0.05, 0.1) is 11.9 Å². The van der Waals surface area contributed by atoms with Crippen molar-refractivity contribution < 1.29 is 4.79 Å². The number of carbonyl (C=O) groups is 1. The Kier molecular flexibility index (Phi) is 6.99. The summed E-state index contributed by atoms with van der Waals surface area (Å²) in [6.45, 7) is 8.38. The number of aromatic nitrogens is 2. The van der Waals surface area contributed by atoms with Crippen molar-refractivity contribution in [2.24, 2.45) is 0 Å². The van der Waals surface area contributed by atoms with Crippen LogP contribution in [0.5, 0.6) is 0 Å². The molecule has 3 aromatic rings. The predicted octanol–water partition coefficient (Wildman–Crippen LogP) is 4.98. The summed E-state index contributed by atoms with van der Waals surface area (Å²) in [6, 6.07) is 8.03. The molecule has 2 aromatic heterocycles. The molecule has 3 heterocycles. The maximum Gasteiger partial charge on any atom is 0.246 e. The molecule has 0 radical (unpaired) electrons. The monoisotopic (exact) mass is 499 g/mol. The van der Waals surface area contributed by atoms with Gasteiger partial charge in [0.15, 0.2) is 0 Å². The quantitative estimate of drug-likeness (QED) is 0.464. The van der Waals surface area contributed by atoms with Crippen LogP contribution in [0.15, 0.2) is 47.2 Å². The number of hydrogen-bond acceptors (Lipinski definition) is 6. The van der Waals surface area contributed by atoms with Crippen LogP contribution in [0, 0.1) is 0 Å². The SMILES string of the molecule is CCN(CC)C/C=C/C(=O)N1CCc2c(sc3ncnc(Nc4cccc(Br)c4)c23)C1. The molecule has 6 nitrogen and oxygen atoms in total. The van der Waals surface area contributed by atoms with Crippen molar-refractivity contribution in [3.63, 3.8) is 0 Å². The molecule has 0 saturated carbocycles. The van der Waals surface area contributed by atoms with Crippen molar-refractivity contribution in [2.45, 2.75) is 26.8 Å². The van der Waals surface area contributed by atoms with E-state index in [1.807, 2.05) is 35.2 Å². The summed E-state index contributed by atoms with van der Waals surface area (Å²) < 4.78 is 1.01. The van der Waals surface area contributed by atoms with Crippen LogP contribution in [-0.2, 0) is 17.8 Å². The third kappa shape index (κ3) is 4.97. The minimum atomic E-state index is 0.0776. The van der Waals surface area contributed by atoms with Crippen molar-refractivity contribution in [1.29, 1.82) is 0 Å². The van der Waals surface area contributed by atoms with Gasteiger partial charge in [0, 0.05) is 34.2 Å². The first-order valence-corrected chi connectivity index (χ1v) is 12.2. The van der Waals surface area contributed by atoms with Gasteiger partial charge in [0.1, 0.15) is 17.0 Å². The number of thiophene rings is 1. The number of amides is 1. The molecule has 0 fully saturated rings. The Morgan fingerprint density at radius 1 is 1.32 bits per heavy atom. The minimum absolute atomic E-state index is 0.0776. The van der Waals surface area contributed by atoms with Crippen molar-refractivity contribution in [3.05, 3.63) is 57.7 Å². The van der Waals surface area contributed by atoms with E-state index in [0.717, 1.165) is 52.2 Å². The van der Waals surface area contributed by atoms with Crippen LogP contribution in [0.2, 0.25) is 0 Å². The second kappa shape index (κ2) is 9.89. The summed E-state index contributed by atoms with van der Waals surface area (Å²) >= 11 is 5.17. The van der Waals surface area contributed by atoms with Crippen LogP contribution < -0.4 is 5.32 Å². The average Bonchev–Trinajstić information content (AvgIpc) is 3.15. The lowest BCUT2D eigenvalue weighted by molar-refractivity contribution is -0.126. The molecule has 0 aliphatic carbocycles. The second-order valence-electron chi connectivity index (χ2n) is 7.44. The molecule has 162 valence electrons. The van der Waals surface area contributed by atoms with E-state index in [2.05, 4.69) is 50.0 Å². The normalized spacial score (nSPS) is 13.9. The van der Waals surface area contributed by atoms with Gasteiger partial charge in [-0.05, 0) is 43.3 Å². The molecule has 31 heavy (non-hydrogen) atoms. The third-order valence-corrected chi connectivity index (χ3v) is 7.17. The van der Waals surface area contributed by atoms with E-state index in [9.17, 15) is 4.79 Å². The first-order valence-electron chi connectivity index (χ1n) is 10.5.